The van der Waals surface area contributed by atoms with Crippen LogP contribution < -0.4 is 19.6 Å². The Hall–Kier alpha value is -9.19. The number of Topliss-reactive ketones (excluding diaryl/α,β-unsaturated/α-hetero) is 2. The number of aromatic hydroxyl groups is 1. The zero-order chi connectivity index (χ0) is 51.0. The van der Waals surface area contributed by atoms with Crippen LogP contribution in [0.25, 0.3) is 11.0 Å². The van der Waals surface area contributed by atoms with Crippen molar-refractivity contribution in [2.75, 3.05) is 32.7 Å². The van der Waals surface area contributed by atoms with Gasteiger partial charge in [-0.1, -0.05) is 7.43 Å². The number of fused-ring (bicyclic) bond motifs is 5. The van der Waals surface area contributed by atoms with Crippen molar-refractivity contribution in [2.24, 2.45) is 15.3 Å². The van der Waals surface area contributed by atoms with E-state index in [0.29, 0.717) is 76.2 Å². The van der Waals surface area contributed by atoms with Crippen LogP contribution in [0.1, 0.15) is 89.2 Å². The minimum atomic E-state index is -0.478. The Kier molecular flexibility index (Phi) is 18.4. The normalized spacial score (nSPS) is 14.8. The van der Waals surface area contributed by atoms with E-state index in [2.05, 4.69) is 40.2 Å². The molecule has 72 heavy (non-hydrogen) atoms. The van der Waals surface area contributed by atoms with E-state index in [1.165, 1.54) is 9.80 Å². The Balaban J connectivity index is 0.000000264. The molecule has 0 unspecified atom stereocenters. The van der Waals surface area contributed by atoms with Gasteiger partial charge in [0.15, 0.2) is 17.1 Å². The molecule has 10 heterocycles. The number of aromatic nitrogens is 6. The number of likely N-dealkylation sites (N-methyl/N-ethyl adjacent to an activating group) is 2. The van der Waals surface area contributed by atoms with E-state index in [4.69, 9.17) is 16.6 Å². The van der Waals surface area contributed by atoms with Crippen LogP contribution in [-0.4, -0.2) is 112 Å². The number of nitrogens with one attached hydrogen (secondary N) is 3. The van der Waals surface area contributed by atoms with E-state index in [9.17, 15) is 33.9 Å². The average molecular weight is 985 g/mol. The summed E-state index contributed by atoms with van der Waals surface area (Å²) in [6, 6.07) is 17.1. The number of hydrogen-bond donors (Lipinski definition) is 4. The Bertz CT molecular complexity index is 3120. The number of aryl methyl sites for hydroxylation is 1. The largest absolute Gasteiger partial charge is 0.493 e. The molecule has 6 aromatic rings. The molecule has 10 rings (SSSR count). The molecule has 6 N–H and O–H groups in total. The summed E-state index contributed by atoms with van der Waals surface area (Å²) in [7, 11) is 0. The maximum atomic E-state index is 12.8. The fraction of sp³-hybridized carbons (Fsp3) is 0.271. The SMILES string of the molecule is C.CC(C)N1C(=O)C(=O)c2cccnc21.CCN1C(=O)/C(=N\N=C2/C(=O)N(C(C)C)c3ncccc32)c2cccnc21.CCN1C(=O)C(=O)c2cccnc21.CCn1c(O)c(N=N)c2cccnc21.N=N.O.[HH]. The van der Waals surface area contributed by atoms with Gasteiger partial charge in [-0.3, -0.25) is 52.9 Å². The van der Waals surface area contributed by atoms with Gasteiger partial charge in [0.25, 0.3) is 23.4 Å². The lowest BCUT2D eigenvalue weighted by atomic mass is 10.2. The number of nitrogens with zero attached hydrogens (tertiary/aromatic N) is 13. The molecule has 376 valence electrons. The van der Waals surface area contributed by atoms with Crippen LogP contribution in [0.3, 0.4) is 0 Å². The van der Waals surface area contributed by atoms with Crippen molar-refractivity contribution in [3.05, 3.63) is 114 Å². The molecule has 24 nitrogen and oxygen atoms in total. The zero-order valence-electron chi connectivity index (χ0n) is 39.6. The number of rotatable bonds is 7. The molecular formula is C48H56N16O8. The molecule has 0 aromatic carbocycles. The molecule has 0 saturated carbocycles. The predicted molar refractivity (Wildman–Crippen MR) is 270 cm³/mol. The van der Waals surface area contributed by atoms with Crippen LogP contribution in [0, 0.1) is 16.6 Å². The number of ketones is 2. The van der Waals surface area contributed by atoms with Crippen LogP contribution >= 0.6 is 0 Å². The molecule has 0 aliphatic carbocycles. The van der Waals surface area contributed by atoms with Gasteiger partial charge in [-0.15, -0.1) is 10.2 Å². The fourth-order valence-corrected chi connectivity index (χ4v) is 7.84. The first kappa shape index (κ1) is 55.4. The summed E-state index contributed by atoms with van der Waals surface area (Å²) in [5, 5.41) is 22.1. The molecule has 0 atom stereocenters. The molecule has 4 aliphatic rings. The molecule has 6 aromatic heterocycles. The van der Waals surface area contributed by atoms with Gasteiger partial charge in [0, 0.05) is 64.1 Å². The van der Waals surface area contributed by atoms with E-state index in [-0.39, 0.29) is 61.2 Å². The van der Waals surface area contributed by atoms with E-state index in [1.807, 2.05) is 48.5 Å². The lowest BCUT2D eigenvalue weighted by molar-refractivity contribution is -0.115. The number of pyridine rings is 5. The first-order valence-electron chi connectivity index (χ1n) is 21.9. The van der Waals surface area contributed by atoms with Crippen molar-refractivity contribution in [2.45, 2.75) is 74.5 Å². The van der Waals surface area contributed by atoms with Gasteiger partial charge in [0.1, 0.15) is 28.9 Å². The van der Waals surface area contributed by atoms with Gasteiger partial charge >= 0.3 is 11.8 Å². The highest BCUT2D eigenvalue weighted by atomic mass is 16.3. The topological polar surface area (TPSA) is 345 Å². The predicted octanol–water partition coefficient (Wildman–Crippen LogP) is 6.52. The standard InChI is InChI=1S/C19H18N6O2.C10H10N2O2.C9H10N4O.C9H8N2O2.CH4.H2N2.H2O.H2/c1-4-24-16-12(7-5-9-20-16)14(18(24)26)22-23-15-13-8-6-10-21-17(13)25(11(2)3)19(15)27;1-6(2)12-9-7(4-3-5-11-9)8(13)10(12)14;1-2-13-8-6(4-3-5-11-8)7(12-10)9(13)14;1-2-11-8-6(4-3-5-10-8)7(12)9(11)13;;1-2;;/h5-11H,4H2,1-3H3;3-6H,1-2H3;3-5,10,14H,2H2,1H3;3-5H,2H2,1H3;1H4;1-2H;1H2;1H/b22-14-,23-15-;;;;;;;. The van der Waals surface area contributed by atoms with E-state index < -0.39 is 23.4 Å². The van der Waals surface area contributed by atoms with Gasteiger partial charge in [-0.2, -0.15) is 5.11 Å². The Morgan fingerprint density at radius 1 is 0.556 bits per heavy atom. The van der Waals surface area contributed by atoms with Crippen molar-refractivity contribution in [1.82, 2.24) is 29.5 Å². The van der Waals surface area contributed by atoms with Gasteiger partial charge in [0.2, 0.25) is 5.88 Å². The third-order valence-corrected chi connectivity index (χ3v) is 10.9. The molecule has 0 saturated heterocycles. The van der Waals surface area contributed by atoms with Crippen molar-refractivity contribution < 1.29 is 40.8 Å². The zero-order valence-corrected chi connectivity index (χ0v) is 39.6. The minimum absolute atomic E-state index is 0. The number of anilines is 4. The first-order valence-corrected chi connectivity index (χ1v) is 21.9. The van der Waals surface area contributed by atoms with Gasteiger partial charge < -0.3 is 10.6 Å². The van der Waals surface area contributed by atoms with Crippen LogP contribution in [0.2, 0.25) is 0 Å². The van der Waals surface area contributed by atoms with Crippen molar-refractivity contribution in [1.29, 1.82) is 16.6 Å². The summed E-state index contributed by atoms with van der Waals surface area (Å²) in [6.45, 7) is 14.7. The molecule has 0 spiro atoms. The molecule has 4 aliphatic heterocycles. The summed E-state index contributed by atoms with van der Waals surface area (Å²) >= 11 is 0. The highest BCUT2D eigenvalue weighted by Gasteiger charge is 2.40. The highest BCUT2D eigenvalue weighted by molar-refractivity contribution is 6.56. The maximum Gasteiger partial charge on any atom is 0.300 e. The second kappa shape index (κ2) is 23.9. The summed E-state index contributed by atoms with van der Waals surface area (Å²) in [5.41, 5.74) is 20.4. The number of amides is 4. The lowest BCUT2D eigenvalue weighted by Crippen LogP contribution is -2.36. The Labute approximate surface area is 414 Å². The first-order chi connectivity index (χ1) is 33.7. The van der Waals surface area contributed by atoms with Gasteiger partial charge in [-0.05, 0) is 109 Å². The van der Waals surface area contributed by atoms with Gasteiger partial charge in [-0.25, -0.2) is 41.5 Å². The van der Waals surface area contributed by atoms with Crippen molar-refractivity contribution >= 4 is 86.6 Å². The van der Waals surface area contributed by atoms with E-state index in [0.717, 1.165) is 0 Å². The summed E-state index contributed by atoms with van der Waals surface area (Å²) in [4.78, 5) is 97.9. The molecule has 0 bridgehead atoms. The number of carbonyl (C=O) groups excluding carboxylic acids is 6. The van der Waals surface area contributed by atoms with Crippen LogP contribution in [-0.2, 0) is 25.7 Å². The molecule has 0 fully saturated rings. The van der Waals surface area contributed by atoms with Crippen molar-refractivity contribution in [3.8, 4) is 5.88 Å². The van der Waals surface area contributed by atoms with Crippen LogP contribution in [0.4, 0.5) is 29.0 Å². The summed E-state index contributed by atoms with van der Waals surface area (Å²) in [6.07, 6.45) is 8.08. The molecule has 4 amide bonds. The summed E-state index contributed by atoms with van der Waals surface area (Å²) in [5.74, 6) is -0.301. The Morgan fingerprint density at radius 2 is 0.944 bits per heavy atom. The third-order valence-electron chi connectivity index (χ3n) is 10.9. The minimum Gasteiger partial charge on any atom is -0.493 e. The molecular weight excluding hydrogens is 929 g/mol. The monoisotopic (exact) mass is 984 g/mol. The number of hydrogen-bond acceptors (Lipinski definition) is 18. The van der Waals surface area contributed by atoms with E-state index in [1.54, 1.807) is 106 Å². The van der Waals surface area contributed by atoms with Crippen molar-refractivity contribution in [3.63, 3.8) is 0 Å². The van der Waals surface area contributed by atoms with E-state index >= 15 is 0 Å². The highest BCUT2D eigenvalue weighted by Crippen LogP contribution is 2.37. The maximum absolute atomic E-state index is 12.8. The fourth-order valence-electron chi connectivity index (χ4n) is 7.84. The van der Waals surface area contributed by atoms with Crippen LogP contribution in [0.5, 0.6) is 5.88 Å². The average Bonchev–Trinajstić information content (AvgIpc) is 4.08. The molecule has 24 heteroatoms. The lowest BCUT2D eigenvalue weighted by Gasteiger charge is -2.19. The third kappa shape index (κ3) is 10.1. The second-order valence-electron chi connectivity index (χ2n) is 15.6. The second-order valence-corrected chi connectivity index (χ2v) is 15.6. The smallest absolute Gasteiger partial charge is 0.300 e. The molecule has 0 radical (unpaired) electrons. The Morgan fingerprint density at radius 3 is 1.44 bits per heavy atom. The summed E-state index contributed by atoms with van der Waals surface area (Å²) < 4.78 is 1.63. The van der Waals surface area contributed by atoms with Gasteiger partial charge in [0.05, 0.1) is 27.6 Å². The van der Waals surface area contributed by atoms with Crippen LogP contribution in [0.15, 0.2) is 107 Å². The quantitative estimate of drug-likeness (QED) is 0.0754. The number of carbonyl (C=O) groups is 6.